The summed E-state index contributed by atoms with van der Waals surface area (Å²) in [7, 11) is -2.71. The highest BCUT2D eigenvalue weighted by Crippen LogP contribution is 2.27. The van der Waals surface area contributed by atoms with E-state index in [9.17, 15) is 18.0 Å². The monoisotopic (exact) mass is 490 g/mol. The standard InChI is InChI=1S/C25H34N2O6S/c1-17(2)7-6-8-19(4)26-24(28)16-33-25(29)20-11-14-22(32-5)23(15-20)34(30,31)27-21-12-9-18(3)10-13-21/h9-15,17,19,27H,6-8,16H2,1-5H3,(H,26,28). The number of aryl methyl sites for hydroxylation is 1. The number of carbonyl (C=O) groups excluding carboxylic acids is 2. The molecule has 2 rings (SSSR count). The number of hydrogen-bond donors (Lipinski definition) is 2. The Morgan fingerprint density at radius 1 is 1.00 bits per heavy atom. The number of esters is 1. The quantitative estimate of drug-likeness (QED) is 0.430. The zero-order valence-electron chi connectivity index (χ0n) is 20.4. The molecule has 0 aliphatic carbocycles. The van der Waals surface area contributed by atoms with E-state index in [2.05, 4.69) is 23.9 Å². The summed E-state index contributed by atoms with van der Waals surface area (Å²) in [5.41, 5.74) is 1.35. The van der Waals surface area contributed by atoms with Crippen LogP contribution in [0.4, 0.5) is 5.69 Å². The van der Waals surface area contributed by atoms with Crippen molar-refractivity contribution in [1.29, 1.82) is 0 Å². The first-order chi connectivity index (χ1) is 16.0. The molecule has 2 N–H and O–H groups in total. The van der Waals surface area contributed by atoms with E-state index in [0.29, 0.717) is 11.6 Å². The highest BCUT2D eigenvalue weighted by molar-refractivity contribution is 7.92. The largest absolute Gasteiger partial charge is 0.495 e. The van der Waals surface area contributed by atoms with Crippen LogP contribution in [0.25, 0.3) is 0 Å². The van der Waals surface area contributed by atoms with Gasteiger partial charge in [0.1, 0.15) is 10.6 Å². The molecule has 34 heavy (non-hydrogen) atoms. The zero-order valence-corrected chi connectivity index (χ0v) is 21.2. The maximum absolute atomic E-state index is 12.9. The molecule has 1 amide bonds. The molecule has 0 saturated heterocycles. The number of carbonyl (C=O) groups is 2. The third-order valence-corrected chi connectivity index (χ3v) is 6.56. The summed E-state index contributed by atoms with van der Waals surface area (Å²) in [6, 6.07) is 10.7. The van der Waals surface area contributed by atoms with Crippen molar-refractivity contribution in [1.82, 2.24) is 5.32 Å². The van der Waals surface area contributed by atoms with E-state index in [4.69, 9.17) is 9.47 Å². The van der Waals surface area contributed by atoms with Crippen LogP contribution in [-0.2, 0) is 19.6 Å². The number of nitrogens with one attached hydrogen (secondary N) is 2. The summed E-state index contributed by atoms with van der Waals surface area (Å²) in [4.78, 5) is 24.4. The second kappa shape index (κ2) is 12.4. The van der Waals surface area contributed by atoms with Crippen molar-refractivity contribution in [3.05, 3.63) is 53.6 Å². The summed E-state index contributed by atoms with van der Waals surface area (Å²) >= 11 is 0. The van der Waals surface area contributed by atoms with Crippen molar-refractivity contribution in [2.75, 3.05) is 18.4 Å². The molecule has 0 heterocycles. The van der Waals surface area contributed by atoms with E-state index in [1.165, 1.54) is 25.3 Å². The van der Waals surface area contributed by atoms with Gasteiger partial charge in [0.15, 0.2) is 6.61 Å². The molecule has 0 aliphatic heterocycles. The van der Waals surface area contributed by atoms with Crippen molar-refractivity contribution in [2.45, 2.75) is 57.9 Å². The van der Waals surface area contributed by atoms with Gasteiger partial charge in [-0.2, -0.15) is 0 Å². The lowest BCUT2D eigenvalue weighted by Crippen LogP contribution is -2.35. The molecule has 0 bridgehead atoms. The van der Waals surface area contributed by atoms with Gasteiger partial charge in [0, 0.05) is 11.7 Å². The van der Waals surface area contributed by atoms with Gasteiger partial charge in [0.2, 0.25) is 0 Å². The molecule has 9 heteroatoms. The fourth-order valence-electron chi connectivity index (χ4n) is 3.28. The van der Waals surface area contributed by atoms with Gasteiger partial charge in [-0.25, -0.2) is 13.2 Å². The fraction of sp³-hybridized carbons (Fsp3) is 0.440. The summed E-state index contributed by atoms with van der Waals surface area (Å²) in [5.74, 6) is -0.539. The Balaban J connectivity index is 2.04. The third kappa shape index (κ3) is 8.37. The minimum atomic E-state index is -4.05. The van der Waals surface area contributed by atoms with E-state index in [1.807, 2.05) is 13.8 Å². The van der Waals surface area contributed by atoms with E-state index >= 15 is 0 Å². The summed E-state index contributed by atoms with van der Waals surface area (Å²) in [5, 5.41) is 2.80. The lowest BCUT2D eigenvalue weighted by atomic mass is 10.0. The molecule has 2 aromatic carbocycles. The van der Waals surface area contributed by atoms with Crippen molar-refractivity contribution < 1.29 is 27.5 Å². The first-order valence-electron chi connectivity index (χ1n) is 11.3. The Morgan fingerprint density at radius 2 is 1.68 bits per heavy atom. The van der Waals surface area contributed by atoms with Gasteiger partial charge in [-0.15, -0.1) is 0 Å². The van der Waals surface area contributed by atoms with Crippen LogP contribution in [0.15, 0.2) is 47.4 Å². The van der Waals surface area contributed by atoms with E-state index in [1.54, 1.807) is 24.3 Å². The van der Waals surface area contributed by atoms with Gasteiger partial charge in [-0.05, 0) is 56.5 Å². The molecule has 1 unspecified atom stereocenters. The molecular weight excluding hydrogens is 456 g/mol. The Kier molecular flexibility index (Phi) is 9.92. The van der Waals surface area contributed by atoms with Gasteiger partial charge >= 0.3 is 5.97 Å². The molecule has 0 aromatic heterocycles. The lowest BCUT2D eigenvalue weighted by molar-refractivity contribution is -0.124. The van der Waals surface area contributed by atoms with Crippen LogP contribution >= 0.6 is 0 Å². The maximum atomic E-state index is 12.9. The fourth-order valence-corrected chi connectivity index (χ4v) is 4.54. The highest BCUT2D eigenvalue weighted by Gasteiger charge is 2.23. The summed E-state index contributed by atoms with van der Waals surface area (Å²) in [6.07, 6.45) is 2.92. The maximum Gasteiger partial charge on any atom is 0.338 e. The minimum Gasteiger partial charge on any atom is -0.495 e. The second-order valence-electron chi connectivity index (χ2n) is 8.71. The molecule has 0 spiro atoms. The molecule has 0 radical (unpaired) electrons. The Bertz CT molecular complexity index is 1080. The first-order valence-corrected chi connectivity index (χ1v) is 12.7. The van der Waals surface area contributed by atoms with Crippen molar-refractivity contribution in [2.24, 2.45) is 5.92 Å². The average molecular weight is 491 g/mol. The zero-order chi connectivity index (χ0) is 25.3. The number of hydrogen-bond acceptors (Lipinski definition) is 6. The van der Waals surface area contributed by atoms with Crippen LogP contribution < -0.4 is 14.8 Å². The molecule has 0 aliphatic rings. The van der Waals surface area contributed by atoms with Gasteiger partial charge in [0.05, 0.1) is 12.7 Å². The lowest BCUT2D eigenvalue weighted by Gasteiger charge is -2.15. The van der Waals surface area contributed by atoms with Crippen LogP contribution in [0.1, 0.15) is 56.0 Å². The van der Waals surface area contributed by atoms with Crippen molar-refractivity contribution in [3.8, 4) is 5.75 Å². The molecule has 1 atom stereocenters. The normalized spacial score (nSPS) is 12.2. The SMILES string of the molecule is COc1ccc(C(=O)OCC(=O)NC(C)CCCC(C)C)cc1S(=O)(=O)Nc1ccc(C)cc1. The number of ether oxygens (including phenoxy) is 2. The number of rotatable bonds is 12. The smallest absolute Gasteiger partial charge is 0.338 e. The number of benzene rings is 2. The highest BCUT2D eigenvalue weighted by atomic mass is 32.2. The van der Waals surface area contributed by atoms with Gasteiger partial charge < -0.3 is 14.8 Å². The second-order valence-corrected chi connectivity index (χ2v) is 10.4. The van der Waals surface area contributed by atoms with Crippen LogP contribution in [0.2, 0.25) is 0 Å². The summed E-state index contributed by atoms with van der Waals surface area (Å²) < 4.78 is 38.6. The van der Waals surface area contributed by atoms with Gasteiger partial charge in [-0.1, -0.05) is 44.4 Å². The van der Waals surface area contributed by atoms with E-state index in [0.717, 1.165) is 24.8 Å². The third-order valence-electron chi connectivity index (χ3n) is 5.15. The predicted octanol–water partition coefficient (Wildman–Crippen LogP) is 4.29. The van der Waals surface area contributed by atoms with Gasteiger partial charge in [0.25, 0.3) is 15.9 Å². The summed E-state index contributed by atoms with van der Waals surface area (Å²) in [6.45, 7) is 7.64. The molecule has 8 nitrogen and oxygen atoms in total. The van der Waals surface area contributed by atoms with E-state index in [-0.39, 0.29) is 22.3 Å². The van der Waals surface area contributed by atoms with E-state index < -0.39 is 28.5 Å². The average Bonchev–Trinajstić information content (AvgIpc) is 2.78. The molecular formula is C25H34N2O6S. The number of anilines is 1. The number of amides is 1. The minimum absolute atomic E-state index is 0.0112. The molecule has 186 valence electrons. The predicted molar refractivity (Wildman–Crippen MR) is 132 cm³/mol. The Hall–Kier alpha value is -3.07. The Labute approximate surface area is 202 Å². The number of sulfonamides is 1. The topological polar surface area (TPSA) is 111 Å². The first kappa shape index (κ1) is 27.2. The van der Waals surface area contributed by atoms with Crippen LogP contribution in [0.5, 0.6) is 5.75 Å². The van der Waals surface area contributed by atoms with Crippen molar-refractivity contribution >= 4 is 27.6 Å². The van der Waals surface area contributed by atoms with Gasteiger partial charge in [-0.3, -0.25) is 9.52 Å². The van der Waals surface area contributed by atoms with Crippen molar-refractivity contribution in [3.63, 3.8) is 0 Å². The Morgan fingerprint density at radius 3 is 2.29 bits per heavy atom. The van der Waals surface area contributed by atoms with Crippen LogP contribution in [-0.4, -0.2) is 40.1 Å². The number of methoxy groups -OCH3 is 1. The molecule has 0 saturated carbocycles. The van der Waals surface area contributed by atoms with Crippen LogP contribution in [0, 0.1) is 12.8 Å². The molecule has 0 fully saturated rings. The van der Waals surface area contributed by atoms with Crippen LogP contribution in [0.3, 0.4) is 0 Å². The molecule has 2 aromatic rings.